The summed E-state index contributed by atoms with van der Waals surface area (Å²) < 4.78 is 0. The Morgan fingerprint density at radius 2 is 2.00 bits per heavy atom. The Kier molecular flexibility index (Phi) is 3.22. The summed E-state index contributed by atoms with van der Waals surface area (Å²) in [7, 11) is 0. The Hall–Kier alpha value is -2.89. The van der Waals surface area contributed by atoms with Gasteiger partial charge in [0, 0.05) is 24.8 Å². The molecule has 0 atom stereocenters. The molecule has 0 saturated carbocycles. The van der Waals surface area contributed by atoms with E-state index in [9.17, 15) is 4.79 Å². The lowest BCUT2D eigenvalue weighted by atomic mass is 10.2. The van der Waals surface area contributed by atoms with Crippen LogP contribution in [0.5, 0.6) is 0 Å². The maximum Gasteiger partial charge on any atom is 0.250 e. The van der Waals surface area contributed by atoms with Gasteiger partial charge >= 0.3 is 0 Å². The van der Waals surface area contributed by atoms with E-state index in [-0.39, 0.29) is 0 Å². The molecule has 3 heterocycles. The van der Waals surface area contributed by atoms with Gasteiger partial charge in [-0.15, -0.1) is 0 Å². The highest BCUT2D eigenvalue weighted by Crippen LogP contribution is 2.24. The third-order valence-corrected chi connectivity index (χ3v) is 4.23. The molecule has 0 spiro atoms. The zero-order chi connectivity index (χ0) is 15.8. The van der Waals surface area contributed by atoms with Crippen molar-refractivity contribution in [3.8, 4) is 11.4 Å². The average molecular weight is 307 g/mol. The summed E-state index contributed by atoms with van der Waals surface area (Å²) in [5.74, 6) is 1.21. The molecule has 1 aliphatic heterocycles. The molecule has 1 aromatic carbocycles. The average Bonchev–Trinajstić information content (AvgIpc) is 3.24. The van der Waals surface area contributed by atoms with Crippen LogP contribution < -0.4 is 10.6 Å². The normalized spacial score (nSPS) is 14.5. The molecular formula is C17H17N5O. The summed E-state index contributed by atoms with van der Waals surface area (Å²) >= 11 is 0. The molecule has 0 bridgehead atoms. The number of H-pyrrole nitrogens is 1. The number of nitrogens with two attached hydrogens (primary N) is 1. The van der Waals surface area contributed by atoms with Gasteiger partial charge in [-0.2, -0.15) is 0 Å². The van der Waals surface area contributed by atoms with Crippen molar-refractivity contribution in [3.63, 3.8) is 0 Å². The van der Waals surface area contributed by atoms with E-state index in [1.54, 1.807) is 12.1 Å². The van der Waals surface area contributed by atoms with Crippen LogP contribution in [0.25, 0.3) is 22.4 Å². The van der Waals surface area contributed by atoms with Crippen LogP contribution in [0.2, 0.25) is 0 Å². The molecular weight excluding hydrogens is 290 g/mol. The van der Waals surface area contributed by atoms with Gasteiger partial charge in [-0.05, 0) is 37.1 Å². The molecule has 116 valence electrons. The number of pyridine rings is 1. The number of rotatable bonds is 3. The third kappa shape index (κ3) is 2.42. The quantitative estimate of drug-likeness (QED) is 0.777. The van der Waals surface area contributed by atoms with Crippen molar-refractivity contribution in [2.75, 3.05) is 18.0 Å². The fourth-order valence-corrected chi connectivity index (χ4v) is 3.03. The third-order valence-electron chi connectivity index (χ3n) is 4.23. The predicted octanol–water partition coefficient (Wildman–Crippen LogP) is 2.32. The standard InChI is InChI=1S/C17H17N5O/c18-16(23)12-4-3-5-13-15(12)21-17(20-13)11-6-7-14(19-10-11)22-8-1-2-9-22/h3-7,10H,1-2,8-9H2,(H2,18,23)(H,20,21). The van der Waals surface area contributed by atoms with Gasteiger partial charge in [0.15, 0.2) is 0 Å². The first-order chi connectivity index (χ1) is 11.2. The Morgan fingerprint density at radius 1 is 1.17 bits per heavy atom. The zero-order valence-corrected chi connectivity index (χ0v) is 12.6. The molecule has 6 heteroatoms. The van der Waals surface area contributed by atoms with Crippen LogP contribution in [0.1, 0.15) is 23.2 Å². The largest absolute Gasteiger partial charge is 0.366 e. The summed E-state index contributed by atoms with van der Waals surface area (Å²) in [4.78, 5) is 26.1. The molecule has 1 saturated heterocycles. The number of benzene rings is 1. The Bertz CT molecular complexity index is 862. The fourth-order valence-electron chi connectivity index (χ4n) is 3.03. The highest BCUT2D eigenvalue weighted by Gasteiger charge is 2.15. The number of carbonyl (C=O) groups excluding carboxylic acids is 1. The number of carbonyl (C=O) groups is 1. The molecule has 6 nitrogen and oxygen atoms in total. The SMILES string of the molecule is NC(=O)c1cccc2[nH]c(-c3ccc(N4CCCC4)nc3)nc12. The first kappa shape index (κ1) is 13.8. The van der Waals surface area contributed by atoms with E-state index in [0.29, 0.717) is 16.9 Å². The Labute approximate surface area is 133 Å². The van der Waals surface area contributed by atoms with Crippen molar-refractivity contribution >= 4 is 22.8 Å². The molecule has 0 unspecified atom stereocenters. The molecule has 1 fully saturated rings. The van der Waals surface area contributed by atoms with Crippen LogP contribution in [-0.4, -0.2) is 33.9 Å². The van der Waals surface area contributed by atoms with Gasteiger partial charge in [-0.3, -0.25) is 4.79 Å². The second-order valence-corrected chi connectivity index (χ2v) is 5.75. The molecule has 1 aliphatic rings. The molecule has 0 aliphatic carbocycles. The minimum absolute atomic E-state index is 0.423. The van der Waals surface area contributed by atoms with Gasteiger partial charge in [0.1, 0.15) is 17.2 Å². The van der Waals surface area contributed by atoms with Crippen molar-refractivity contribution in [2.45, 2.75) is 12.8 Å². The molecule has 23 heavy (non-hydrogen) atoms. The van der Waals surface area contributed by atoms with Gasteiger partial charge in [0.2, 0.25) is 0 Å². The van der Waals surface area contributed by atoms with E-state index >= 15 is 0 Å². The summed E-state index contributed by atoms with van der Waals surface area (Å²) in [5.41, 5.74) is 8.11. The first-order valence-corrected chi connectivity index (χ1v) is 7.72. The number of imidazole rings is 1. The van der Waals surface area contributed by atoms with Crippen LogP contribution in [0.4, 0.5) is 5.82 Å². The predicted molar refractivity (Wildman–Crippen MR) is 89.3 cm³/mol. The molecule has 2 aromatic heterocycles. The van der Waals surface area contributed by atoms with E-state index in [0.717, 1.165) is 30.0 Å². The number of anilines is 1. The number of hydrogen-bond acceptors (Lipinski definition) is 4. The molecule has 1 amide bonds. The second-order valence-electron chi connectivity index (χ2n) is 5.75. The van der Waals surface area contributed by atoms with E-state index in [4.69, 9.17) is 5.73 Å². The summed E-state index contributed by atoms with van der Waals surface area (Å²) in [5, 5.41) is 0. The highest BCUT2D eigenvalue weighted by atomic mass is 16.1. The maximum absolute atomic E-state index is 11.5. The lowest BCUT2D eigenvalue weighted by Crippen LogP contribution is -2.18. The summed E-state index contributed by atoms with van der Waals surface area (Å²) in [6, 6.07) is 9.37. The monoisotopic (exact) mass is 307 g/mol. The minimum atomic E-state index is -0.476. The van der Waals surface area contributed by atoms with Crippen LogP contribution in [-0.2, 0) is 0 Å². The van der Waals surface area contributed by atoms with Crippen LogP contribution >= 0.6 is 0 Å². The number of amides is 1. The van der Waals surface area contributed by atoms with Crippen molar-refractivity contribution in [1.29, 1.82) is 0 Å². The fraction of sp³-hybridized carbons (Fsp3) is 0.235. The van der Waals surface area contributed by atoms with Gasteiger partial charge in [-0.25, -0.2) is 9.97 Å². The number of fused-ring (bicyclic) bond motifs is 1. The molecule has 3 aromatic rings. The van der Waals surface area contributed by atoms with E-state index in [1.807, 2.05) is 24.4 Å². The molecule has 4 rings (SSSR count). The second kappa shape index (κ2) is 5.39. The Morgan fingerprint density at radius 3 is 2.70 bits per heavy atom. The zero-order valence-electron chi connectivity index (χ0n) is 12.6. The van der Waals surface area contributed by atoms with E-state index in [2.05, 4.69) is 19.9 Å². The van der Waals surface area contributed by atoms with E-state index < -0.39 is 5.91 Å². The van der Waals surface area contributed by atoms with Gasteiger partial charge in [0.25, 0.3) is 5.91 Å². The first-order valence-electron chi connectivity index (χ1n) is 7.72. The summed E-state index contributed by atoms with van der Waals surface area (Å²) in [6.45, 7) is 2.14. The number of aromatic nitrogens is 3. The van der Waals surface area contributed by atoms with Crippen molar-refractivity contribution < 1.29 is 4.79 Å². The van der Waals surface area contributed by atoms with Crippen LogP contribution in [0.3, 0.4) is 0 Å². The number of hydrogen-bond donors (Lipinski definition) is 2. The molecule has 3 N–H and O–H groups in total. The number of nitrogens with zero attached hydrogens (tertiary/aromatic N) is 3. The molecule has 0 radical (unpaired) electrons. The van der Waals surface area contributed by atoms with Crippen LogP contribution in [0, 0.1) is 0 Å². The number of aromatic amines is 1. The topological polar surface area (TPSA) is 87.9 Å². The number of nitrogens with one attached hydrogen (secondary N) is 1. The lowest BCUT2D eigenvalue weighted by Gasteiger charge is -2.15. The van der Waals surface area contributed by atoms with Gasteiger partial charge < -0.3 is 15.6 Å². The van der Waals surface area contributed by atoms with Crippen molar-refractivity contribution in [1.82, 2.24) is 15.0 Å². The highest BCUT2D eigenvalue weighted by molar-refractivity contribution is 6.04. The lowest BCUT2D eigenvalue weighted by molar-refractivity contribution is 0.100. The number of para-hydroxylation sites is 1. The van der Waals surface area contributed by atoms with Crippen molar-refractivity contribution in [3.05, 3.63) is 42.1 Å². The van der Waals surface area contributed by atoms with Gasteiger partial charge in [0.05, 0.1) is 11.1 Å². The maximum atomic E-state index is 11.5. The minimum Gasteiger partial charge on any atom is -0.366 e. The smallest absolute Gasteiger partial charge is 0.250 e. The van der Waals surface area contributed by atoms with Gasteiger partial charge in [-0.1, -0.05) is 6.07 Å². The van der Waals surface area contributed by atoms with Crippen LogP contribution in [0.15, 0.2) is 36.5 Å². The van der Waals surface area contributed by atoms with E-state index in [1.165, 1.54) is 12.8 Å². The van der Waals surface area contributed by atoms with Crippen molar-refractivity contribution in [2.24, 2.45) is 5.73 Å². The number of primary amides is 1. The summed E-state index contributed by atoms with van der Waals surface area (Å²) in [6.07, 6.45) is 4.26. The Balaban J connectivity index is 1.71.